The summed E-state index contributed by atoms with van der Waals surface area (Å²) in [6, 6.07) is 0.287. The lowest BCUT2D eigenvalue weighted by atomic mass is 10.1. The third-order valence-electron chi connectivity index (χ3n) is 3.13. The molecule has 0 radical (unpaired) electrons. The Labute approximate surface area is 107 Å². The van der Waals surface area contributed by atoms with Crippen molar-refractivity contribution in [1.29, 1.82) is 0 Å². The van der Waals surface area contributed by atoms with Gasteiger partial charge in [-0.1, -0.05) is 0 Å². The molecule has 0 saturated carbocycles. The summed E-state index contributed by atoms with van der Waals surface area (Å²) < 4.78 is 7.01. The first-order valence-corrected chi connectivity index (χ1v) is 6.41. The van der Waals surface area contributed by atoms with Crippen molar-refractivity contribution in [3.05, 3.63) is 22.7 Å². The van der Waals surface area contributed by atoms with E-state index in [1.165, 1.54) is 0 Å². The predicted octanol–water partition coefficient (Wildman–Crippen LogP) is 1.59. The van der Waals surface area contributed by atoms with Gasteiger partial charge < -0.3 is 14.6 Å². The van der Waals surface area contributed by atoms with E-state index in [9.17, 15) is 4.79 Å². The van der Waals surface area contributed by atoms with E-state index < -0.39 is 0 Å². The maximum atomic E-state index is 12.3. The Morgan fingerprint density at radius 3 is 2.67 bits per heavy atom. The summed E-state index contributed by atoms with van der Waals surface area (Å²) in [4.78, 5) is 16.5. The highest BCUT2D eigenvalue weighted by atomic mass is 16.5. The fourth-order valence-corrected chi connectivity index (χ4v) is 2.07. The quantitative estimate of drug-likeness (QED) is 0.867. The summed E-state index contributed by atoms with van der Waals surface area (Å²) in [7, 11) is 0. The molecule has 0 aromatic carbocycles. The van der Waals surface area contributed by atoms with Crippen LogP contribution >= 0.6 is 0 Å². The Morgan fingerprint density at radius 2 is 2.06 bits per heavy atom. The van der Waals surface area contributed by atoms with Gasteiger partial charge in [0.05, 0.1) is 0 Å². The zero-order valence-corrected chi connectivity index (χ0v) is 11.3. The monoisotopic (exact) mass is 251 g/mol. The van der Waals surface area contributed by atoms with Gasteiger partial charge in [0.15, 0.2) is 5.82 Å². The third kappa shape index (κ3) is 2.90. The van der Waals surface area contributed by atoms with Crippen molar-refractivity contribution in [3.8, 4) is 0 Å². The average Bonchev–Trinajstić information content (AvgIpc) is 2.32. The number of hydrogen-bond acceptors (Lipinski definition) is 4. The predicted molar refractivity (Wildman–Crippen MR) is 71.0 cm³/mol. The van der Waals surface area contributed by atoms with E-state index in [2.05, 4.69) is 10.3 Å². The molecule has 0 bridgehead atoms. The highest BCUT2D eigenvalue weighted by Crippen LogP contribution is 2.13. The van der Waals surface area contributed by atoms with E-state index in [-0.39, 0.29) is 17.1 Å². The van der Waals surface area contributed by atoms with Crippen molar-refractivity contribution in [2.75, 3.05) is 18.5 Å². The Kier molecular flexibility index (Phi) is 3.71. The molecule has 1 N–H and O–H groups in total. The van der Waals surface area contributed by atoms with Gasteiger partial charge in [0, 0.05) is 37.2 Å². The number of nitrogens with one attached hydrogen (secondary N) is 1. The molecule has 5 nitrogen and oxygen atoms in total. The summed E-state index contributed by atoms with van der Waals surface area (Å²) in [5.41, 5.74) is -0.289. The summed E-state index contributed by atoms with van der Waals surface area (Å²) in [5.74, 6) is 0.444. The zero-order valence-electron chi connectivity index (χ0n) is 11.3. The molecule has 1 aromatic heterocycles. The highest BCUT2D eigenvalue weighted by Gasteiger charge is 2.19. The number of anilines is 1. The van der Waals surface area contributed by atoms with Gasteiger partial charge in [0.1, 0.15) is 0 Å². The van der Waals surface area contributed by atoms with Crippen LogP contribution in [0.4, 0.5) is 5.82 Å². The van der Waals surface area contributed by atoms with E-state index in [0.29, 0.717) is 5.82 Å². The van der Waals surface area contributed by atoms with Crippen LogP contribution in [-0.4, -0.2) is 28.8 Å². The molecule has 0 aliphatic carbocycles. The molecule has 1 saturated heterocycles. The van der Waals surface area contributed by atoms with E-state index in [1.54, 1.807) is 17.0 Å². The number of nitrogens with zero attached hydrogens (tertiary/aromatic N) is 2. The molecule has 0 spiro atoms. The van der Waals surface area contributed by atoms with Gasteiger partial charge in [-0.05, 0) is 33.6 Å². The minimum atomic E-state index is -0.230. The maximum absolute atomic E-state index is 12.3. The van der Waals surface area contributed by atoms with Crippen molar-refractivity contribution in [2.24, 2.45) is 0 Å². The van der Waals surface area contributed by atoms with Gasteiger partial charge >= 0.3 is 0 Å². The van der Waals surface area contributed by atoms with Gasteiger partial charge in [-0.15, -0.1) is 0 Å². The van der Waals surface area contributed by atoms with Crippen molar-refractivity contribution in [1.82, 2.24) is 9.55 Å². The fraction of sp³-hybridized carbons (Fsp3) is 0.692. The number of aromatic nitrogens is 2. The maximum Gasteiger partial charge on any atom is 0.293 e. The van der Waals surface area contributed by atoms with E-state index in [4.69, 9.17) is 4.74 Å². The molecule has 0 amide bonds. The highest BCUT2D eigenvalue weighted by molar-refractivity contribution is 5.32. The van der Waals surface area contributed by atoms with Gasteiger partial charge in [0.25, 0.3) is 5.56 Å². The first kappa shape index (κ1) is 13.1. The molecule has 2 heterocycles. The number of ether oxygens (including phenoxy) is 1. The minimum Gasteiger partial charge on any atom is -0.381 e. The topological polar surface area (TPSA) is 56.1 Å². The summed E-state index contributed by atoms with van der Waals surface area (Å²) in [5, 5.41) is 3.24. The average molecular weight is 251 g/mol. The van der Waals surface area contributed by atoms with Gasteiger partial charge in [-0.3, -0.25) is 4.79 Å². The Hall–Kier alpha value is -1.36. The van der Waals surface area contributed by atoms with Crippen LogP contribution in [0.5, 0.6) is 0 Å². The smallest absolute Gasteiger partial charge is 0.293 e. The van der Waals surface area contributed by atoms with E-state index in [0.717, 1.165) is 26.1 Å². The Balaban J connectivity index is 2.21. The molecular formula is C13H21N3O2. The van der Waals surface area contributed by atoms with E-state index >= 15 is 0 Å². The van der Waals surface area contributed by atoms with Gasteiger partial charge in [0.2, 0.25) is 0 Å². The molecule has 0 atom stereocenters. The first-order chi connectivity index (χ1) is 8.48. The standard InChI is InChI=1S/C13H21N3O2/c1-13(2,3)16-7-6-14-11(12(16)17)15-10-4-8-18-9-5-10/h6-7,10H,4-5,8-9H2,1-3H3,(H,14,15). The first-order valence-electron chi connectivity index (χ1n) is 6.41. The number of rotatable bonds is 2. The van der Waals surface area contributed by atoms with Gasteiger partial charge in [-0.2, -0.15) is 0 Å². The molecule has 1 aliphatic rings. The van der Waals surface area contributed by atoms with Crippen LogP contribution in [0.1, 0.15) is 33.6 Å². The van der Waals surface area contributed by atoms with Crippen LogP contribution < -0.4 is 10.9 Å². The van der Waals surface area contributed by atoms with Crippen LogP contribution in [-0.2, 0) is 10.3 Å². The largest absolute Gasteiger partial charge is 0.381 e. The van der Waals surface area contributed by atoms with Crippen molar-refractivity contribution < 1.29 is 4.74 Å². The van der Waals surface area contributed by atoms with Crippen molar-refractivity contribution in [3.63, 3.8) is 0 Å². The zero-order chi connectivity index (χ0) is 13.2. The lowest BCUT2D eigenvalue weighted by Crippen LogP contribution is -2.37. The lowest BCUT2D eigenvalue weighted by Gasteiger charge is -2.25. The minimum absolute atomic E-state index is 0.0588. The molecule has 100 valence electrons. The third-order valence-corrected chi connectivity index (χ3v) is 3.13. The summed E-state index contributed by atoms with van der Waals surface area (Å²) in [6.07, 6.45) is 5.25. The van der Waals surface area contributed by atoms with Gasteiger partial charge in [-0.25, -0.2) is 4.98 Å². The molecule has 1 aromatic rings. The molecule has 1 fully saturated rings. The Bertz CT molecular complexity index is 456. The van der Waals surface area contributed by atoms with Crippen LogP contribution in [0.15, 0.2) is 17.2 Å². The summed E-state index contributed by atoms with van der Waals surface area (Å²) >= 11 is 0. The second-order valence-corrected chi connectivity index (χ2v) is 5.65. The lowest BCUT2D eigenvalue weighted by molar-refractivity contribution is 0.0903. The number of hydrogen-bond donors (Lipinski definition) is 1. The van der Waals surface area contributed by atoms with Crippen LogP contribution in [0.25, 0.3) is 0 Å². The second-order valence-electron chi connectivity index (χ2n) is 5.65. The van der Waals surface area contributed by atoms with Crippen molar-refractivity contribution >= 4 is 5.82 Å². The molecular weight excluding hydrogens is 230 g/mol. The molecule has 5 heteroatoms. The normalized spacial score (nSPS) is 17.7. The molecule has 2 rings (SSSR count). The SMILES string of the molecule is CC(C)(C)n1ccnc(NC2CCOCC2)c1=O. The molecule has 1 aliphatic heterocycles. The van der Waals surface area contributed by atoms with Crippen LogP contribution in [0.2, 0.25) is 0 Å². The Morgan fingerprint density at radius 1 is 1.39 bits per heavy atom. The van der Waals surface area contributed by atoms with Crippen LogP contribution in [0, 0.1) is 0 Å². The van der Waals surface area contributed by atoms with Crippen LogP contribution in [0.3, 0.4) is 0 Å². The second kappa shape index (κ2) is 5.10. The van der Waals surface area contributed by atoms with E-state index in [1.807, 2.05) is 20.8 Å². The fourth-order valence-electron chi connectivity index (χ4n) is 2.07. The molecule has 18 heavy (non-hydrogen) atoms. The molecule has 0 unspecified atom stereocenters. The van der Waals surface area contributed by atoms with Crippen molar-refractivity contribution in [2.45, 2.75) is 45.2 Å². The summed E-state index contributed by atoms with van der Waals surface area (Å²) in [6.45, 7) is 7.52.